The fraction of sp³-hybridized carbons (Fsp3) is 0.190. The van der Waals surface area contributed by atoms with Crippen LogP contribution in [0.4, 0.5) is 0 Å². The molecule has 0 saturated heterocycles. The van der Waals surface area contributed by atoms with Gasteiger partial charge in [-0.05, 0) is 49.1 Å². The maximum atomic E-state index is 13.3. The van der Waals surface area contributed by atoms with Crippen molar-refractivity contribution in [2.24, 2.45) is 4.99 Å². The molecule has 3 heterocycles. The fourth-order valence-electron chi connectivity index (χ4n) is 3.25. The SMILES string of the molecule is CCOC(=O)C1=C(C)N=c2s/c(=C\c3cccs3)c(=O)n2[C@H]1c1ccc(Cl)cc1. The van der Waals surface area contributed by atoms with Gasteiger partial charge in [-0.25, -0.2) is 9.79 Å². The van der Waals surface area contributed by atoms with Crippen LogP contribution in [0.25, 0.3) is 6.08 Å². The van der Waals surface area contributed by atoms with Crippen LogP contribution in [0.5, 0.6) is 0 Å². The van der Waals surface area contributed by atoms with Crippen LogP contribution in [0.3, 0.4) is 0 Å². The molecule has 0 bridgehead atoms. The minimum atomic E-state index is -0.618. The predicted octanol–water partition coefficient (Wildman–Crippen LogP) is 3.51. The number of ether oxygens (including phenoxy) is 1. The highest BCUT2D eigenvalue weighted by molar-refractivity contribution is 7.11. The van der Waals surface area contributed by atoms with Gasteiger partial charge in [-0.1, -0.05) is 41.1 Å². The van der Waals surface area contributed by atoms with Gasteiger partial charge in [-0.2, -0.15) is 0 Å². The topological polar surface area (TPSA) is 60.7 Å². The van der Waals surface area contributed by atoms with Crippen LogP contribution in [0, 0.1) is 0 Å². The zero-order valence-corrected chi connectivity index (χ0v) is 18.1. The molecule has 1 atom stereocenters. The minimum Gasteiger partial charge on any atom is -0.463 e. The molecule has 29 heavy (non-hydrogen) atoms. The Balaban J connectivity index is 1.97. The van der Waals surface area contributed by atoms with E-state index in [1.165, 1.54) is 11.3 Å². The second kappa shape index (κ2) is 8.10. The van der Waals surface area contributed by atoms with E-state index in [1.54, 1.807) is 41.9 Å². The van der Waals surface area contributed by atoms with Crippen LogP contribution in [0.1, 0.15) is 30.3 Å². The van der Waals surface area contributed by atoms with E-state index < -0.39 is 12.0 Å². The van der Waals surface area contributed by atoms with Crippen molar-refractivity contribution < 1.29 is 9.53 Å². The second-order valence-electron chi connectivity index (χ2n) is 6.37. The van der Waals surface area contributed by atoms with Crippen molar-refractivity contribution in [2.45, 2.75) is 19.9 Å². The monoisotopic (exact) mass is 444 g/mol. The summed E-state index contributed by atoms with van der Waals surface area (Å²) >= 11 is 8.92. The first-order valence-electron chi connectivity index (χ1n) is 8.98. The van der Waals surface area contributed by atoms with E-state index in [-0.39, 0.29) is 12.2 Å². The Kier molecular flexibility index (Phi) is 5.54. The predicted molar refractivity (Wildman–Crippen MR) is 116 cm³/mol. The van der Waals surface area contributed by atoms with E-state index in [2.05, 4.69) is 4.99 Å². The van der Waals surface area contributed by atoms with Gasteiger partial charge in [0.05, 0.1) is 28.5 Å². The number of benzene rings is 1. The number of carbonyl (C=O) groups excluding carboxylic acids is 1. The van der Waals surface area contributed by atoms with Gasteiger partial charge in [0.25, 0.3) is 5.56 Å². The zero-order valence-electron chi connectivity index (χ0n) is 15.7. The summed E-state index contributed by atoms with van der Waals surface area (Å²) in [6.45, 7) is 3.76. The number of thiazole rings is 1. The molecule has 8 heteroatoms. The summed E-state index contributed by atoms with van der Waals surface area (Å²) < 4.78 is 7.42. The van der Waals surface area contributed by atoms with Crippen molar-refractivity contribution in [3.8, 4) is 0 Å². The van der Waals surface area contributed by atoms with Gasteiger partial charge < -0.3 is 4.74 Å². The van der Waals surface area contributed by atoms with Gasteiger partial charge >= 0.3 is 5.97 Å². The molecule has 0 saturated carbocycles. The number of rotatable bonds is 4. The number of thiophene rings is 1. The third kappa shape index (κ3) is 3.73. The zero-order chi connectivity index (χ0) is 20.5. The molecule has 0 aliphatic carbocycles. The number of carbonyl (C=O) groups is 1. The van der Waals surface area contributed by atoms with Gasteiger partial charge in [0.2, 0.25) is 0 Å². The molecule has 0 radical (unpaired) electrons. The normalized spacial score (nSPS) is 16.5. The van der Waals surface area contributed by atoms with Gasteiger partial charge in [-0.3, -0.25) is 9.36 Å². The lowest BCUT2D eigenvalue weighted by Gasteiger charge is -2.24. The van der Waals surface area contributed by atoms with Crippen LogP contribution >= 0.6 is 34.3 Å². The molecule has 0 spiro atoms. The first-order chi connectivity index (χ1) is 14.0. The molecular weight excluding hydrogens is 428 g/mol. The van der Waals surface area contributed by atoms with Gasteiger partial charge in [0.1, 0.15) is 0 Å². The molecule has 0 unspecified atom stereocenters. The van der Waals surface area contributed by atoms with E-state index in [4.69, 9.17) is 16.3 Å². The summed E-state index contributed by atoms with van der Waals surface area (Å²) in [6, 6.07) is 10.4. The molecule has 1 aromatic carbocycles. The summed E-state index contributed by atoms with van der Waals surface area (Å²) in [6.07, 6.45) is 1.86. The molecule has 4 rings (SSSR count). The molecule has 148 valence electrons. The lowest BCUT2D eigenvalue weighted by molar-refractivity contribution is -0.139. The maximum Gasteiger partial charge on any atom is 0.338 e. The number of hydrogen-bond acceptors (Lipinski definition) is 6. The molecule has 0 amide bonds. The second-order valence-corrected chi connectivity index (χ2v) is 8.79. The standard InChI is InChI=1S/C21H17ClN2O3S2/c1-3-27-20(26)17-12(2)23-21-24(18(17)13-6-8-14(22)9-7-13)19(25)16(29-21)11-15-5-4-10-28-15/h4-11,18H,3H2,1-2H3/b16-11-/t18-/m0/s1. The van der Waals surface area contributed by atoms with Crippen LogP contribution in [-0.2, 0) is 9.53 Å². The largest absolute Gasteiger partial charge is 0.463 e. The van der Waals surface area contributed by atoms with Crippen molar-refractivity contribution in [3.63, 3.8) is 0 Å². The van der Waals surface area contributed by atoms with Crippen molar-refractivity contribution in [1.82, 2.24) is 4.57 Å². The van der Waals surface area contributed by atoms with Crippen LogP contribution in [0.15, 0.2) is 62.8 Å². The van der Waals surface area contributed by atoms with E-state index in [1.807, 2.05) is 35.7 Å². The third-order valence-corrected chi connectivity index (χ3v) is 6.57. The third-order valence-electron chi connectivity index (χ3n) is 4.52. The molecule has 1 aliphatic rings. The Bertz CT molecular complexity index is 1270. The van der Waals surface area contributed by atoms with Crippen molar-refractivity contribution in [1.29, 1.82) is 0 Å². The number of fused-ring (bicyclic) bond motifs is 1. The summed E-state index contributed by atoms with van der Waals surface area (Å²) in [7, 11) is 0. The summed E-state index contributed by atoms with van der Waals surface area (Å²) in [4.78, 5) is 32.2. The van der Waals surface area contributed by atoms with E-state index in [9.17, 15) is 9.59 Å². The van der Waals surface area contributed by atoms with E-state index in [0.717, 1.165) is 10.4 Å². The molecule has 0 fully saturated rings. The fourth-order valence-corrected chi connectivity index (χ4v) is 5.15. The molecule has 0 N–H and O–H groups in total. The van der Waals surface area contributed by atoms with Gasteiger partial charge in [0, 0.05) is 9.90 Å². The molecular formula is C21H17ClN2O3S2. The average Bonchev–Trinajstić information content (AvgIpc) is 3.30. The Hall–Kier alpha value is -2.48. The number of nitrogens with zero attached hydrogens (tertiary/aromatic N) is 2. The number of allylic oxidation sites excluding steroid dienone is 1. The van der Waals surface area contributed by atoms with Crippen LogP contribution < -0.4 is 14.9 Å². The molecule has 2 aromatic heterocycles. The van der Waals surface area contributed by atoms with Crippen LogP contribution in [-0.4, -0.2) is 17.1 Å². The number of halogens is 1. The average molecular weight is 445 g/mol. The first kappa shape index (κ1) is 19.8. The highest BCUT2D eigenvalue weighted by Gasteiger charge is 2.33. The van der Waals surface area contributed by atoms with Crippen molar-refractivity contribution in [3.05, 3.63) is 88.2 Å². The van der Waals surface area contributed by atoms with Crippen molar-refractivity contribution in [2.75, 3.05) is 6.61 Å². The summed E-state index contributed by atoms with van der Waals surface area (Å²) in [5.41, 5.74) is 1.50. The van der Waals surface area contributed by atoms with Crippen LogP contribution in [0.2, 0.25) is 5.02 Å². The molecule has 3 aromatic rings. The van der Waals surface area contributed by atoms with E-state index >= 15 is 0 Å². The Morgan fingerprint density at radius 1 is 1.31 bits per heavy atom. The highest BCUT2D eigenvalue weighted by Crippen LogP contribution is 2.31. The first-order valence-corrected chi connectivity index (χ1v) is 11.1. The smallest absolute Gasteiger partial charge is 0.338 e. The molecule has 5 nitrogen and oxygen atoms in total. The Labute approximate surface area is 179 Å². The quantitative estimate of drug-likeness (QED) is 0.578. The van der Waals surface area contributed by atoms with Crippen molar-refractivity contribution >= 4 is 46.3 Å². The maximum absolute atomic E-state index is 13.3. The Morgan fingerprint density at radius 3 is 2.72 bits per heavy atom. The van der Waals surface area contributed by atoms with Gasteiger partial charge in [-0.15, -0.1) is 11.3 Å². The van der Waals surface area contributed by atoms with E-state index in [0.29, 0.717) is 25.6 Å². The highest BCUT2D eigenvalue weighted by atomic mass is 35.5. The number of hydrogen-bond donors (Lipinski definition) is 0. The number of aromatic nitrogens is 1. The number of esters is 1. The summed E-state index contributed by atoms with van der Waals surface area (Å²) in [5.74, 6) is -0.471. The lowest BCUT2D eigenvalue weighted by atomic mass is 9.96. The Morgan fingerprint density at radius 2 is 2.07 bits per heavy atom. The van der Waals surface area contributed by atoms with Gasteiger partial charge in [0.15, 0.2) is 4.80 Å². The lowest BCUT2D eigenvalue weighted by Crippen LogP contribution is -2.39. The molecule has 1 aliphatic heterocycles. The minimum absolute atomic E-state index is 0.184. The summed E-state index contributed by atoms with van der Waals surface area (Å²) in [5, 5.41) is 2.54.